The van der Waals surface area contributed by atoms with Crippen molar-refractivity contribution in [3.63, 3.8) is 0 Å². The summed E-state index contributed by atoms with van der Waals surface area (Å²) in [5.74, 6) is 1.71. The van der Waals surface area contributed by atoms with Crippen LogP contribution in [0.5, 0.6) is 0 Å². The van der Waals surface area contributed by atoms with Crippen LogP contribution in [0.15, 0.2) is 154 Å². The predicted octanol–water partition coefficient (Wildman–Crippen LogP) is 13.4. The number of hydrogen-bond donors (Lipinski definition) is 0. The van der Waals surface area contributed by atoms with E-state index in [4.69, 9.17) is 23.8 Å². The molecule has 12 rings (SSSR count). The van der Waals surface area contributed by atoms with Gasteiger partial charge in [0.15, 0.2) is 17.5 Å². The summed E-state index contributed by atoms with van der Waals surface area (Å²) < 4.78 is 12.5. The van der Waals surface area contributed by atoms with Crippen LogP contribution in [0, 0.1) is 11.3 Å². The Balaban J connectivity index is 0.962. The van der Waals surface area contributed by atoms with E-state index in [1.165, 1.54) is 47.1 Å². The van der Waals surface area contributed by atoms with Crippen LogP contribution in [0.25, 0.3) is 100 Å². The Kier molecular flexibility index (Phi) is 7.12. The van der Waals surface area contributed by atoms with E-state index in [1.807, 2.05) is 54.6 Å². The lowest BCUT2D eigenvalue weighted by molar-refractivity contribution is 0.353. The van der Waals surface area contributed by atoms with E-state index >= 15 is 0 Å². The van der Waals surface area contributed by atoms with Crippen LogP contribution >= 0.6 is 0 Å². The monoisotopic (exact) mass is 746 g/mol. The number of nitriles is 1. The molecule has 1 fully saturated rings. The molecule has 7 aromatic carbocycles. The third-order valence-electron chi connectivity index (χ3n) is 12.6. The van der Waals surface area contributed by atoms with Crippen LogP contribution in [-0.2, 0) is 5.41 Å². The molecular weight excluding hydrogens is 713 g/mol. The largest absolute Gasteiger partial charge is 0.456 e. The smallest absolute Gasteiger partial charge is 0.164 e. The van der Waals surface area contributed by atoms with Gasteiger partial charge in [-0.05, 0) is 101 Å². The average Bonchev–Trinajstić information content (AvgIpc) is 3.93. The van der Waals surface area contributed by atoms with Gasteiger partial charge in [-0.3, -0.25) is 0 Å². The molecule has 2 aliphatic carbocycles. The minimum atomic E-state index is 0.00130. The maximum absolute atomic E-state index is 9.72. The van der Waals surface area contributed by atoms with E-state index in [9.17, 15) is 5.26 Å². The van der Waals surface area contributed by atoms with Crippen LogP contribution in [0.1, 0.15) is 48.8 Å². The molecule has 0 atom stereocenters. The van der Waals surface area contributed by atoms with Crippen molar-refractivity contribution in [2.45, 2.75) is 37.5 Å². The maximum atomic E-state index is 9.72. The number of nitrogens with zero attached hydrogens (tertiary/aromatic N) is 4. The van der Waals surface area contributed by atoms with Crippen LogP contribution in [0.2, 0.25) is 0 Å². The number of fused-ring (bicyclic) bond motifs is 11. The summed E-state index contributed by atoms with van der Waals surface area (Å²) >= 11 is 0. The van der Waals surface area contributed by atoms with Crippen LogP contribution < -0.4 is 0 Å². The van der Waals surface area contributed by atoms with E-state index in [0.29, 0.717) is 23.0 Å². The lowest BCUT2D eigenvalue weighted by Gasteiger charge is -2.36. The van der Waals surface area contributed by atoms with Gasteiger partial charge in [-0.1, -0.05) is 110 Å². The Morgan fingerprint density at radius 1 is 0.431 bits per heavy atom. The highest BCUT2D eigenvalue weighted by Crippen LogP contribution is 2.56. The van der Waals surface area contributed by atoms with E-state index in [1.54, 1.807) is 0 Å². The minimum absolute atomic E-state index is 0.00130. The zero-order valence-corrected chi connectivity index (χ0v) is 31.5. The van der Waals surface area contributed by atoms with Crippen molar-refractivity contribution in [1.82, 2.24) is 15.0 Å². The molecule has 2 aliphatic rings. The fourth-order valence-electron chi connectivity index (χ4n) is 9.75. The van der Waals surface area contributed by atoms with Crippen LogP contribution in [-0.4, -0.2) is 15.0 Å². The van der Waals surface area contributed by atoms with E-state index < -0.39 is 0 Å². The highest BCUT2D eigenvalue weighted by atomic mass is 16.3. The zero-order chi connectivity index (χ0) is 38.4. The fraction of sp³-hybridized carbons (Fsp3) is 0.115. The standard InChI is InChI=1S/C52H34N4O2/c53-30-31-12-23-43-42(26-31)37-20-17-34(27-44(37)52(43)24-6-1-7-25-52)32-13-15-33(16-14-32)49-54-50(35-18-21-40-38-8-2-4-10-45(38)57-47(40)28-35)56-51(55-49)36-19-22-41-39-9-3-5-11-46(39)58-48(41)29-36/h2-5,8-23,26-29H,1,6-7,24-25H2. The van der Waals surface area contributed by atoms with Gasteiger partial charge in [0.05, 0.1) is 11.6 Å². The quantitative estimate of drug-likeness (QED) is 0.178. The van der Waals surface area contributed by atoms with Crippen molar-refractivity contribution >= 4 is 43.9 Å². The SMILES string of the molecule is N#Cc1ccc2c(c1)-c1ccc(-c3ccc(-c4nc(-c5ccc6c(c5)oc5ccccc56)nc(-c5ccc6c(c5)oc5ccccc56)n4)cc3)cc1C21CCCCC1. The summed E-state index contributed by atoms with van der Waals surface area (Å²) in [5.41, 5.74) is 14.1. The van der Waals surface area contributed by atoms with Gasteiger partial charge < -0.3 is 8.83 Å². The fourth-order valence-corrected chi connectivity index (χ4v) is 9.75. The summed E-state index contributed by atoms with van der Waals surface area (Å²) in [4.78, 5) is 15.2. The lowest BCUT2D eigenvalue weighted by atomic mass is 9.67. The van der Waals surface area contributed by atoms with Crippen molar-refractivity contribution in [1.29, 1.82) is 5.26 Å². The molecule has 0 amide bonds. The molecule has 0 radical (unpaired) electrons. The number of benzene rings is 7. The summed E-state index contributed by atoms with van der Waals surface area (Å²) in [7, 11) is 0. The average molecular weight is 747 g/mol. The lowest BCUT2D eigenvalue weighted by Crippen LogP contribution is -2.28. The molecule has 3 aromatic heterocycles. The van der Waals surface area contributed by atoms with E-state index in [0.717, 1.165) is 79.0 Å². The maximum Gasteiger partial charge on any atom is 0.164 e. The predicted molar refractivity (Wildman–Crippen MR) is 230 cm³/mol. The topological polar surface area (TPSA) is 88.7 Å². The molecule has 6 heteroatoms. The first kappa shape index (κ1) is 32.8. The van der Waals surface area contributed by atoms with Crippen molar-refractivity contribution in [2.75, 3.05) is 0 Å². The van der Waals surface area contributed by atoms with Gasteiger partial charge in [-0.15, -0.1) is 0 Å². The molecule has 0 saturated heterocycles. The van der Waals surface area contributed by atoms with Crippen LogP contribution in [0.3, 0.4) is 0 Å². The first-order valence-corrected chi connectivity index (χ1v) is 20.0. The first-order valence-electron chi connectivity index (χ1n) is 20.0. The summed E-state index contributed by atoms with van der Waals surface area (Å²) in [6.07, 6.45) is 5.97. The number of rotatable bonds is 4. The minimum Gasteiger partial charge on any atom is -0.456 e. The molecule has 0 aliphatic heterocycles. The molecule has 0 N–H and O–H groups in total. The Bertz CT molecular complexity index is 3210. The van der Waals surface area contributed by atoms with Gasteiger partial charge in [0, 0.05) is 43.7 Å². The highest BCUT2D eigenvalue weighted by Gasteiger charge is 2.44. The number of hydrogen-bond acceptors (Lipinski definition) is 6. The Morgan fingerprint density at radius 2 is 0.966 bits per heavy atom. The molecule has 0 unspecified atom stereocenters. The summed E-state index contributed by atoms with van der Waals surface area (Å²) in [5, 5.41) is 14.0. The molecule has 6 nitrogen and oxygen atoms in total. The number of para-hydroxylation sites is 2. The van der Waals surface area contributed by atoms with Crippen molar-refractivity contribution in [2.24, 2.45) is 0 Å². The van der Waals surface area contributed by atoms with Gasteiger partial charge in [-0.25, -0.2) is 15.0 Å². The first-order chi connectivity index (χ1) is 28.6. The third-order valence-corrected chi connectivity index (χ3v) is 12.6. The van der Waals surface area contributed by atoms with Crippen molar-refractivity contribution in [3.05, 3.63) is 162 Å². The Morgan fingerprint density at radius 3 is 1.59 bits per heavy atom. The molecule has 274 valence electrons. The van der Waals surface area contributed by atoms with Crippen molar-refractivity contribution in [3.8, 4) is 62.5 Å². The zero-order valence-electron chi connectivity index (χ0n) is 31.5. The normalized spacial score (nSPS) is 14.3. The molecule has 10 aromatic rings. The summed E-state index contributed by atoms with van der Waals surface area (Å²) in [6.45, 7) is 0. The number of furan rings is 2. The van der Waals surface area contributed by atoms with Gasteiger partial charge in [0.25, 0.3) is 0 Å². The molecule has 1 saturated carbocycles. The second kappa shape index (κ2) is 12.6. The summed E-state index contributed by atoms with van der Waals surface area (Å²) in [6, 6.07) is 52.7. The molecule has 3 heterocycles. The second-order valence-electron chi connectivity index (χ2n) is 15.8. The Hall–Kier alpha value is -7.36. The third kappa shape index (κ3) is 5.00. The molecule has 1 spiro atoms. The van der Waals surface area contributed by atoms with E-state index in [2.05, 4.69) is 97.1 Å². The Labute approximate surface area is 334 Å². The van der Waals surface area contributed by atoms with Crippen LogP contribution in [0.4, 0.5) is 0 Å². The molecule has 58 heavy (non-hydrogen) atoms. The number of aromatic nitrogens is 3. The van der Waals surface area contributed by atoms with Gasteiger partial charge in [-0.2, -0.15) is 5.26 Å². The highest BCUT2D eigenvalue weighted by molar-refractivity contribution is 6.06. The van der Waals surface area contributed by atoms with Gasteiger partial charge >= 0.3 is 0 Å². The molecule has 0 bridgehead atoms. The van der Waals surface area contributed by atoms with Gasteiger partial charge in [0.1, 0.15) is 22.3 Å². The van der Waals surface area contributed by atoms with Gasteiger partial charge in [0.2, 0.25) is 0 Å². The van der Waals surface area contributed by atoms with Crippen molar-refractivity contribution < 1.29 is 8.83 Å². The molecular formula is C52H34N4O2. The second-order valence-corrected chi connectivity index (χ2v) is 15.8. The van der Waals surface area contributed by atoms with E-state index in [-0.39, 0.29) is 5.41 Å².